The monoisotopic (exact) mass is 390 g/mol. The van der Waals surface area contributed by atoms with Crippen LogP contribution >= 0.6 is 0 Å². The number of amides is 3. The van der Waals surface area contributed by atoms with Crippen LogP contribution in [-0.4, -0.2) is 34.9 Å². The van der Waals surface area contributed by atoms with Gasteiger partial charge in [-0.25, -0.2) is 0 Å². The lowest BCUT2D eigenvalue weighted by Gasteiger charge is -2.16. The van der Waals surface area contributed by atoms with Gasteiger partial charge in [0.2, 0.25) is 5.91 Å². The Balaban J connectivity index is 1.59. The fourth-order valence-corrected chi connectivity index (χ4v) is 3.37. The van der Waals surface area contributed by atoms with E-state index in [0.717, 1.165) is 5.56 Å². The normalized spacial score (nSPS) is 14.3. The fourth-order valence-electron chi connectivity index (χ4n) is 3.37. The first kappa shape index (κ1) is 20.2. The number of hydrogen-bond acceptors (Lipinski definition) is 4. The van der Waals surface area contributed by atoms with Gasteiger partial charge in [0.1, 0.15) is 0 Å². The Morgan fingerprint density at radius 2 is 1.41 bits per heavy atom. The van der Waals surface area contributed by atoms with Crippen molar-refractivity contribution in [1.82, 2.24) is 4.90 Å². The average Bonchev–Trinajstić information content (AvgIpc) is 3.05. The molecule has 2 aromatic carbocycles. The third-order valence-corrected chi connectivity index (χ3v) is 4.98. The second-order valence-electron chi connectivity index (χ2n) is 6.93. The van der Waals surface area contributed by atoms with Gasteiger partial charge in [-0.2, -0.15) is 0 Å². The minimum atomic E-state index is -0.487. The topological polar surface area (TPSA) is 97.5 Å². The summed E-state index contributed by atoms with van der Waals surface area (Å²) in [5.74, 6) is -1.62. The van der Waals surface area contributed by atoms with Gasteiger partial charge in [0.25, 0.3) is 11.8 Å². The summed E-state index contributed by atoms with van der Waals surface area (Å²) in [5.41, 5.74) is 7.47. The predicted octanol–water partition coefficient (Wildman–Crippen LogP) is 2.58. The Morgan fingerprint density at radius 1 is 0.828 bits per heavy atom. The predicted molar refractivity (Wildman–Crippen MR) is 108 cm³/mol. The minimum absolute atomic E-state index is 0.0821. The lowest BCUT2D eigenvalue weighted by Crippen LogP contribution is -2.31. The molecule has 1 aliphatic rings. The van der Waals surface area contributed by atoms with Gasteiger partial charge in [-0.05, 0) is 18.4 Å². The standard InChI is InChI=1S/C23H22N2O4/c24-23(29)19(8-4-5-15-25-20(26)13-14-21(25)27)16-9-11-18(12-10-16)22(28)17-6-2-1-3-7-17/h1-3,6-7,9-14,19H,4-5,8,15H2,(H2,24,29). The number of primary amides is 1. The van der Waals surface area contributed by atoms with Gasteiger partial charge < -0.3 is 5.73 Å². The van der Waals surface area contributed by atoms with Gasteiger partial charge in [0, 0.05) is 29.8 Å². The van der Waals surface area contributed by atoms with Crippen LogP contribution in [0, 0.1) is 0 Å². The summed E-state index contributed by atoms with van der Waals surface area (Å²) in [4.78, 5) is 48.7. The van der Waals surface area contributed by atoms with Crippen molar-refractivity contribution in [3.63, 3.8) is 0 Å². The summed E-state index contributed by atoms with van der Waals surface area (Å²) in [6.07, 6.45) is 4.24. The molecule has 0 aromatic heterocycles. The first-order chi connectivity index (χ1) is 14.0. The third-order valence-electron chi connectivity index (χ3n) is 4.98. The summed E-state index contributed by atoms with van der Waals surface area (Å²) in [5, 5.41) is 0. The fraction of sp³-hybridized carbons (Fsp3) is 0.217. The van der Waals surface area contributed by atoms with Gasteiger partial charge in [0.15, 0.2) is 5.78 Å². The molecule has 148 valence electrons. The van der Waals surface area contributed by atoms with Crippen LogP contribution in [0.2, 0.25) is 0 Å². The minimum Gasteiger partial charge on any atom is -0.369 e. The number of rotatable bonds is 9. The van der Waals surface area contributed by atoms with Gasteiger partial charge >= 0.3 is 0 Å². The number of unbranched alkanes of at least 4 members (excludes halogenated alkanes) is 1. The SMILES string of the molecule is NC(=O)C(CCCCN1C(=O)C=CC1=O)c1ccc(C(=O)c2ccccc2)cc1. The highest BCUT2D eigenvalue weighted by Crippen LogP contribution is 2.23. The summed E-state index contributed by atoms with van der Waals surface area (Å²) in [6, 6.07) is 15.9. The average molecular weight is 390 g/mol. The Morgan fingerprint density at radius 3 is 2.00 bits per heavy atom. The summed E-state index contributed by atoms with van der Waals surface area (Å²) in [6.45, 7) is 0.320. The van der Waals surface area contributed by atoms with E-state index in [0.29, 0.717) is 36.9 Å². The van der Waals surface area contributed by atoms with E-state index in [1.165, 1.54) is 17.1 Å². The van der Waals surface area contributed by atoms with Gasteiger partial charge in [-0.3, -0.25) is 24.1 Å². The zero-order valence-corrected chi connectivity index (χ0v) is 15.9. The maximum Gasteiger partial charge on any atom is 0.253 e. The Kier molecular flexibility index (Phi) is 6.34. The van der Waals surface area contributed by atoms with E-state index >= 15 is 0 Å². The van der Waals surface area contributed by atoms with Crippen molar-refractivity contribution in [3.05, 3.63) is 83.4 Å². The first-order valence-electron chi connectivity index (χ1n) is 9.50. The molecule has 1 atom stereocenters. The molecule has 3 amide bonds. The van der Waals surface area contributed by atoms with Crippen molar-refractivity contribution in [1.29, 1.82) is 0 Å². The number of carbonyl (C=O) groups excluding carboxylic acids is 4. The van der Waals surface area contributed by atoms with Crippen molar-refractivity contribution in [3.8, 4) is 0 Å². The van der Waals surface area contributed by atoms with Gasteiger partial charge in [-0.1, -0.05) is 61.0 Å². The van der Waals surface area contributed by atoms with Crippen molar-refractivity contribution in [2.45, 2.75) is 25.2 Å². The molecular weight excluding hydrogens is 368 g/mol. The van der Waals surface area contributed by atoms with Gasteiger partial charge in [0.05, 0.1) is 5.92 Å². The largest absolute Gasteiger partial charge is 0.369 e. The van der Waals surface area contributed by atoms with Crippen LogP contribution in [0.5, 0.6) is 0 Å². The van der Waals surface area contributed by atoms with Crippen LogP contribution in [0.1, 0.15) is 46.7 Å². The molecule has 0 saturated heterocycles. The summed E-state index contributed by atoms with van der Waals surface area (Å²) in [7, 11) is 0. The maximum atomic E-state index is 12.5. The summed E-state index contributed by atoms with van der Waals surface area (Å²) >= 11 is 0. The Labute approximate surface area is 169 Å². The van der Waals surface area contributed by atoms with E-state index in [9.17, 15) is 19.2 Å². The number of carbonyl (C=O) groups is 4. The number of ketones is 1. The van der Waals surface area contributed by atoms with Crippen LogP contribution in [0.25, 0.3) is 0 Å². The number of imide groups is 1. The van der Waals surface area contributed by atoms with Gasteiger partial charge in [-0.15, -0.1) is 0 Å². The van der Waals surface area contributed by atoms with E-state index in [1.807, 2.05) is 18.2 Å². The number of benzene rings is 2. The Hall–Kier alpha value is -3.54. The molecule has 0 aliphatic carbocycles. The number of nitrogens with zero attached hydrogens (tertiary/aromatic N) is 1. The smallest absolute Gasteiger partial charge is 0.253 e. The van der Waals surface area contributed by atoms with Crippen LogP contribution in [0.3, 0.4) is 0 Å². The lowest BCUT2D eigenvalue weighted by molar-refractivity contribution is -0.136. The second kappa shape index (κ2) is 9.10. The van der Waals surface area contributed by atoms with E-state index < -0.39 is 11.8 Å². The van der Waals surface area contributed by atoms with E-state index in [4.69, 9.17) is 5.73 Å². The zero-order valence-electron chi connectivity index (χ0n) is 15.9. The van der Waals surface area contributed by atoms with E-state index in [-0.39, 0.29) is 17.6 Å². The van der Waals surface area contributed by atoms with Crippen LogP contribution in [-0.2, 0) is 14.4 Å². The molecule has 29 heavy (non-hydrogen) atoms. The molecule has 0 bridgehead atoms. The van der Waals surface area contributed by atoms with Crippen LogP contribution in [0.15, 0.2) is 66.7 Å². The molecule has 0 fully saturated rings. The third kappa shape index (κ3) is 4.85. The molecule has 1 heterocycles. The Bertz CT molecular complexity index is 931. The molecule has 0 saturated carbocycles. The summed E-state index contributed by atoms with van der Waals surface area (Å²) < 4.78 is 0. The van der Waals surface area contributed by atoms with Crippen LogP contribution < -0.4 is 5.73 Å². The van der Waals surface area contributed by atoms with Crippen molar-refractivity contribution in [2.75, 3.05) is 6.54 Å². The lowest BCUT2D eigenvalue weighted by atomic mass is 9.91. The zero-order chi connectivity index (χ0) is 20.8. The maximum absolute atomic E-state index is 12.5. The molecule has 3 rings (SSSR count). The molecule has 6 heteroatoms. The van der Waals surface area contributed by atoms with Crippen molar-refractivity contribution in [2.24, 2.45) is 5.73 Å². The molecule has 0 radical (unpaired) electrons. The molecule has 1 unspecified atom stereocenters. The highest BCUT2D eigenvalue weighted by atomic mass is 16.2. The number of nitrogens with two attached hydrogens (primary N) is 1. The first-order valence-corrected chi connectivity index (χ1v) is 9.50. The molecular formula is C23H22N2O4. The van der Waals surface area contributed by atoms with E-state index in [2.05, 4.69) is 0 Å². The molecule has 1 aliphatic heterocycles. The quantitative estimate of drug-likeness (QED) is 0.404. The highest BCUT2D eigenvalue weighted by Gasteiger charge is 2.23. The second-order valence-corrected chi connectivity index (χ2v) is 6.93. The molecule has 2 N–H and O–H groups in total. The molecule has 0 spiro atoms. The number of hydrogen-bond donors (Lipinski definition) is 1. The van der Waals surface area contributed by atoms with Crippen molar-refractivity contribution < 1.29 is 19.2 Å². The highest BCUT2D eigenvalue weighted by molar-refractivity contribution is 6.12. The van der Waals surface area contributed by atoms with Crippen LogP contribution in [0.4, 0.5) is 0 Å². The van der Waals surface area contributed by atoms with Crippen molar-refractivity contribution >= 4 is 23.5 Å². The molecule has 6 nitrogen and oxygen atoms in total. The van der Waals surface area contributed by atoms with E-state index in [1.54, 1.807) is 36.4 Å². The molecule has 2 aromatic rings.